The first-order valence-corrected chi connectivity index (χ1v) is 17.7. The third kappa shape index (κ3) is 16.1. The highest BCUT2D eigenvalue weighted by molar-refractivity contribution is 5.76. The van der Waals surface area contributed by atoms with Crippen LogP contribution in [0.5, 0.6) is 0 Å². The fourth-order valence-electron chi connectivity index (χ4n) is 5.73. The summed E-state index contributed by atoms with van der Waals surface area (Å²) in [5.74, 6) is 6.91. The monoisotopic (exact) mass is 581 g/mol. The molecule has 0 aromatic heterocycles. The van der Waals surface area contributed by atoms with Crippen molar-refractivity contribution in [3.8, 4) is 11.8 Å². The molecular formula is C38H63NO3. The molecule has 4 nitrogen and oxygen atoms in total. The van der Waals surface area contributed by atoms with Crippen LogP contribution >= 0.6 is 0 Å². The molecule has 238 valence electrons. The van der Waals surface area contributed by atoms with Crippen molar-refractivity contribution in [3.05, 3.63) is 35.9 Å². The first-order chi connectivity index (χ1) is 20.6. The number of ether oxygens (including phenoxy) is 2. The molecule has 1 amide bonds. The summed E-state index contributed by atoms with van der Waals surface area (Å²) in [7, 11) is 0. The molecule has 4 heteroatoms. The third-order valence-corrected chi connectivity index (χ3v) is 8.59. The summed E-state index contributed by atoms with van der Waals surface area (Å²) in [5.41, 5.74) is 0.195. The summed E-state index contributed by atoms with van der Waals surface area (Å²) < 4.78 is 12.6. The SMILES string of the molecule is CCCCCCCCCCCCCC#C[C@]1(C)O[C@H](c2ccccc2)OC[C@@H]1NC(=O)CCCCCCCCCCC. The van der Waals surface area contributed by atoms with Gasteiger partial charge in [0.05, 0.1) is 12.6 Å². The molecule has 1 aliphatic heterocycles. The van der Waals surface area contributed by atoms with Gasteiger partial charge in [-0.05, 0) is 19.8 Å². The van der Waals surface area contributed by atoms with E-state index < -0.39 is 11.9 Å². The van der Waals surface area contributed by atoms with Crippen molar-refractivity contribution in [3.63, 3.8) is 0 Å². The number of carbonyl (C=O) groups excluding carboxylic acids is 1. The molecule has 0 bridgehead atoms. The highest BCUT2D eigenvalue weighted by Crippen LogP contribution is 2.33. The van der Waals surface area contributed by atoms with Crippen molar-refractivity contribution in [2.75, 3.05) is 6.61 Å². The minimum absolute atomic E-state index is 0.0756. The summed E-state index contributed by atoms with van der Waals surface area (Å²) in [6.07, 6.45) is 26.8. The molecule has 0 unspecified atom stereocenters. The largest absolute Gasteiger partial charge is 0.347 e. The Bertz CT molecular complexity index is 860. The topological polar surface area (TPSA) is 47.6 Å². The van der Waals surface area contributed by atoms with Crippen LogP contribution in [0.25, 0.3) is 0 Å². The maximum Gasteiger partial charge on any atom is 0.220 e. The van der Waals surface area contributed by atoms with E-state index >= 15 is 0 Å². The van der Waals surface area contributed by atoms with Gasteiger partial charge in [0.2, 0.25) is 5.91 Å². The van der Waals surface area contributed by atoms with Gasteiger partial charge in [-0.25, -0.2) is 0 Å². The molecule has 0 radical (unpaired) electrons. The van der Waals surface area contributed by atoms with Crippen molar-refractivity contribution in [2.45, 2.75) is 180 Å². The second kappa shape index (κ2) is 23.6. The van der Waals surface area contributed by atoms with E-state index in [2.05, 4.69) is 31.0 Å². The molecule has 1 aromatic carbocycles. The zero-order valence-electron chi connectivity index (χ0n) is 27.5. The minimum Gasteiger partial charge on any atom is -0.347 e. The lowest BCUT2D eigenvalue weighted by molar-refractivity contribution is -0.248. The average molecular weight is 582 g/mol. The Balaban J connectivity index is 1.75. The number of hydrogen-bond donors (Lipinski definition) is 1. The lowest BCUT2D eigenvalue weighted by atomic mass is 9.94. The van der Waals surface area contributed by atoms with Crippen molar-refractivity contribution in [2.24, 2.45) is 0 Å². The Labute approximate surface area is 259 Å². The maximum atomic E-state index is 12.9. The van der Waals surface area contributed by atoms with E-state index in [9.17, 15) is 4.79 Å². The van der Waals surface area contributed by atoms with Gasteiger partial charge in [-0.1, -0.05) is 166 Å². The van der Waals surface area contributed by atoms with Crippen LogP contribution in [0.1, 0.15) is 174 Å². The van der Waals surface area contributed by atoms with Crippen LogP contribution < -0.4 is 5.32 Å². The van der Waals surface area contributed by atoms with E-state index in [1.165, 1.54) is 109 Å². The predicted molar refractivity (Wildman–Crippen MR) is 177 cm³/mol. The molecule has 0 spiro atoms. The second-order valence-corrected chi connectivity index (χ2v) is 12.6. The van der Waals surface area contributed by atoms with E-state index in [0.717, 1.165) is 31.2 Å². The number of carbonyl (C=O) groups is 1. The second-order valence-electron chi connectivity index (χ2n) is 12.6. The van der Waals surface area contributed by atoms with Gasteiger partial charge in [0.25, 0.3) is 0 Å². The lowest BCUT2D eigenvalue weighted by Crippen LogP contribution is -2.58. The van der Waals surface area contributed by atoms with Crippen molar-refractivity contribution in [1.82, 2.24) is 5.32 Å². The molecule has 1 heterocycles. The Hall–Kier alpha value is -1.83. The smallest absolute Gasteiger partial charge is 0.220 e. The van der Waals surface area contributed by atoms with Crippen LogP contribution in [-0.4, -0.2) is 24.2 Å². The molecule has 1 aromatic rings. The van der Waals surface area contributed by atoms with Crippen molar-refractivity contribution >= 4 is 5.91 Å². The van der Waals surface area contributed by atoms with E-state index in [-0.39, 0.29) is 11.9 Å². The molecule has 0 saturated carbocycles. The van der Waals surface area contributed by atoms with Crippen LogP contribution in [0.3, 0.4) is 0 Å². The molecule has 0 aliphatic carbocycles. The van der Waals surface area contributed by atoms with Gasteiger partial charge in [0.15, 0.2) is 11.9 Å². The standard InChI is InChI=1S/C38H63NO3/c1-4-6-8-10-12-14-15-16-17-19-21-23-28-32-38(3)35(33-41-37(42-38)34-29-25-24-26-30-34)39-36(40)31-27-22-20-18-13-11-9-7-5-2/h24-26,29-30,35,37H,4-23,27,31,33H2,1-3H3,(H,39,40)/t35-,37+,38-/m0/s1. The molecule has 1 N–H and O–H groups in total. The first-order valence-electron chi connectivity index (χ1n) is 17.7. The summed E-state index contributed by atoms with van der Waals surface area (Å²) in [6, 6.07) is 9.74. The van der Waals surface area contributed by atoms with Gasteiger partial charge in [0.1, 0.15) is 0 Å². The van der Waals surface area contributed by atoms with Crippen LogP contribution in [0.15, 0.2) is 30.3 Å². The van der Waals surface area contributed by atoms with Gasteiger partial charge >= 0.3 is 0 Å². The molecule has 1 saturated heterocycles. The molecule has 2 rings (SSSR count). The van der Waals surface area contributed by atoms with Gasteiger partial charge in [0, 0.05) is 18.4 Å². The number of amides is 1. The lowest BCUT2D eigenvalue weighted by Gasteiger charge is -2.41. The Morgan fingerprint density at radius 3 is 1.81 bits per heavy atom. The normalized spacial score (nSPS) is 20.2. The minimum atomic E-state index is -0.787. The van der Waals surface area contributed by atoms with Crippen molar-refractivity contribution in [1.29, 1.82) is 0 Å². The van der Waals surface area contributed by atoms with E-state index in [0.29, 0.717) is 13.0 Å². The molecular weight excluding hydrogens is 518 g/mol. The van der Waals surface area contributed by atoms with E-state index in [1.807, 2.05) is 37.3 Å². The van der Waals surface area contributed by atoms with Gasteiger partial charge in [-0.3, -0.25) is 4.79 Å². The summed E-state index contributed by atoms with van der Waals surface area (Å²) in [4.78, 5) is 12.9. The Morgan fingerprint density at radius 2 is 1.26 bits per heavy atom. The number of hydrogen-bond acceptors (Lipinski definition) is 3. The predicted octanol–water partition coefficient (Wildman–Crippen LogP) is 10.6. The number of nitrogens with one attached hydrogen (secondary N) is 1. The summed E-state index contributed by atoms with van der Waals surface area (Å²) in [5, 5.41) is 3.21. The zero-order valence-corrected chi connectivity index (χ0v) is 27.5. The van der Waals surface area contributed by atoms with Crippen LogP contribution in [0.4, 0.5) is 0 Å². The highest BCUT2D eigenvalue weighted by atomic mass is 16.7. The third-order valence-electron chi connectivity index (χ3n) is 8.59. The van der Waals surface area contributed by atoms with E-state index in [4.69, 9.17) is 9.47 Å². The fourth-order valence-corrected chi connectivity index (χ4v) is 5.73. The van der Waals surface area contributed by atoms with Gasteiger partial charge in [-0.2, -0.15) is 0 Å². The first kappa shape index (κ1) is 36.4. The quantitative estimate of drug-likeness (QED) is 0.103. The molecule has 3 atom stereocenters. The zero-order chi connectivity index (χ0) is 30.1. The average Bonchev–Trinajstić information content (AvgIpc) is 3.00. The number of benzene rings is 1. The number of rotatable bonds is 23. The van der Waals surface area contributed by atoms with Crippen molar-refractivity contribution < 1.29 is 14.3 Å². The highest BCUT2D eigenvalue weighted by Gasteiger charge is 2.42. The molecule has 1 aliphatic rings. The van der Waals surface area contributed by atoms with Gasteiger partial charge in [-0.15, -0.1) is 5.92 Å². The molecule has 42 heavy (non-hydrogen) atoms. The summed E-state index contributed by atoms with van der Waals surface area (Å²) in [6.45, 7) is 6.95. The molecule has 1 fully saturated rings. The Morgan fingerprint density at radius 1 is 0.762 bits per heavy atom. The number of unbranched alkanes of at least 4 members (excludes halogenated alkanes) is 19. The summed E-state index contributed by atoms with van der Waals surface area (Å²) >= 11 is 0. The maximum absolute atomic E-state index is 12.9. The Kier molecular flexibility index (Phi) is 20.4. The van der Waals surface area contributed by atoms with Crippen LogP contribution in [0.2, 0.25) is 0 Å². The van der Waals surface area contributed by atoms with Crippen LogP contribution in [0, 0.1) is 11.8 Å². The fraction of sp³-hybridized carbons (Fsp3) is 0.763. The van der Waals surface area contributed by atoms with E-state index in [1.54, 1.807) is 0 Å². The van der Waals surface area contributed by atoms with Crippen LogP contribution in [-0.2, 0) is 14.3 Å². The van der Waals surface area contributed by atoms with Gasteiger partial charge < -0.3 is 14.8 Å².